The molecule has 0 spiro atoms. The minimum absolute atomic E-state index is 0.0656. The van der Waals surface area contributed by atoms with Crippen LogP contribution in [0.1, 0.15) is 36.0 Å². The van der Waals surface area contributed by atoms with E-state index >= 15 is 0 Å². The summed E-state index contributed by atoms with van der Waals surface area (Å²) in [6.07, 6.45) is 4.92. The third kappa shape index (κ3) is 5.70. The Balaban J connectivity index is 1.40. The molecule has 6 nitrogen and oxygen atoms in total. The van der Waals surface area contributed by atoms with Crippen molar-refractivity contribution in [2.75, 3.05) is 28.0 Å². The number of benzene rings is 3. The minimum Gasteiger partial charge on any atom is -0.372 e. The molecule has 0 unspecified atom stereocenters. The highest BCUT2D eigenvalue weighted by Gasteiger charge is 2.17. The molecule has 3 aromatic carbocycles. The van der Waals surface area contributed by atoms with Crippen molar-refractivity contribution in [2.24, 2.45) is 0 Å². The molecule has 0 saturated carbocycles. The number of nitrogens with zero attached hydrogens (tertiary/aromatic N) is 1. The van der Waals surface area contributed by atoms with E-state index in [-0.39, 0.29) is 16.5 Å². The van der Waals surface area contributed by atoms with Gasteiger partial charge in [-0.1, -0.05) is 25.0 Å². The summed E-state index contributed by atoms with van der Waals surface area (Å²) in [6.45, 7) is 2.10. The molecule has 0 aromatic heterocycles. The highest BCUT2D eigenvalue weighted by atomic mass is 32.2. The molecule has 33 heavy (non-hydrogen) atoms. The van der Waals surface area contributed by atoms with Crippen LogP contribution in [0.25, 0.3) is 0 Å². The molecule has 8 heteroatoms. The van der Waals surface area contributed by atoms with Crippen LogP contribution in [0, 0.1) is 5.82 Å². The maximum Gasteiger partial charge on any atom is 0.261 e. The largest absolute Gasteiger partial charge is 0.372 e. The van der Waals surface area contributed by atoms with Crippen molar-refractivity contribution < 1.29 is 17.6 Å². The number of carbonyl (C=O) groups is 1. The third-order valence-corrected chi connectivity index (χ3v) is 7.02. The lowest BCUT2D eigenvalue weighted by molar-refractivity contribution is 0.102. The van der Waals surface area contributed by atoms with Gasteiger partial charge in [-0.25, -0.2) is 12.8 Å². The molecular formula is C25H26FN3O3S. The molecule has 1 fully saturated rings. The van der Waals surface area contributed by atoms with E-state index in [1.807, 2.05) is 24.3 Å². The Morgan fingerprint density at radius 1 is 0.818 bits per heavy atom. The molecule has 1 saturated heterocycles. The molecule has 0 bridgehead atoms. The van der Waals surface area contributed by atoms with Crippen LogP contribution >= 0.6 is 0 Å². The molecule has 0 aliphatic carbocycles. The molecule has 1 amide bonds. The fraction of sp³-hybridized carbons (Fsp3) is 0.240. The van der Waals surface area contributed by atoms with Gasteiger partial charge in [0.05, 0.1) is 10.6 Å². The van der Waals surface area contributed by atoms with Crippen LogP contribution < -0.4 is 14.9 Å². The van der Waals surface area contributed by atoms with E-state index < -0.39 is 15.8 Å². The van der Waals surface area contributed by atoms with Crippen LogP contribution in [0.15, 0.2) is 77.7 Å². The summed E-state index contributed by atoms with van der Waals surface area (Å²) in [4.78, 5) is 14.9. The van der Waals surface area contributed by atoms with Crippen molar-refractivity contribution in [1.82, 2.24) is 0 Å². The topological polar surface area (TPSA) is 78.5 Å². The van der Waals surface area contributed by atoms with E-state index in [2.05, 4.69) is 14.9 Å². The average molecular weight is 468 g/mol. The lowest BCUT2D eigenvalue weighted by atomic mass is 10.2. The second-order valence-corrected chi connectivity index (χ2v) is 9.69. The van der Waals surface area contributed by atoms with Gasteiger partial charge in [-0.05, 0) is 73.5 Å². The van der Waals surface area contributed by atoms with E-state index in [1.165, 1.54) is 74.2 Å². The number of carbonyl (C=O) groups excluding carboxylic acids is 1. The molecule has 2 N–H and O–H groups in total. The van der Waals surface area contributed by atoms with E-state index in [9.17, 15) is 17.6 Å². The van der Waals surface area contributed by atoms with Gasteiger partial charge >= 0.3 is 0 Å². The second-order valence-electron chi connectivity index (χ2n) is 8.01. The van der Waals surface area contributed by atoms with Crippen molar-refractivity contribution in [3.8, 4) is 0 Å². The zero-order chi connectivity index (χ0) is 23.3. The number of sulfonamides is 1. The smallest absolute Gasteiger partial charge is 0.261 e. The SMILES string of the molecule is O=C(Nc1ccc(N2CCCCCC2)cc1)c1ccc(S(=O)(=O)Nc2ccccc2F)cc1. The number of nitrogens with one attached hydrogen (secondary N) is 2. The van der Waals surface area contributed by atoms with Gasteiger partial charge in [0.1, 0.15) is 5.82 Å². The van der Waals surface area contributed by atoms with Crippen molar-refractivity contribution in [2.45, 2.75) is 30.6 Å². The van der Waals surface area contributed by atoms with Gasteiger partial charge < -0.3 is 10.2 Å². The van der Waals surface area contributed by atoms with Crippen molar-refractivity contribution in [3.63, 3.8) is 0 Å². The Labute approximate surface area is 193 Å². The molecule has 0 atom stereocenters. The standard InChI is InChI=1S/C25H26FN3O3S/c26-23-7-3-4-8-24(23)28-33(31,32)22-15-9-19(10-16-22)25(30)27-20-11-13-21(14-12-20)29-17-5-1-2-6-18-29/h3-4,7-16,28H,1-2,5-6,17-18H2,(H,27,30). The van der Waals surface area contributed by atoms with Crippen molar-refractivity contribution in [3.05, 3.63) is 84.2 Å². The average Bonchev–Trinajstić information content (AvgIpc) is 3.11. The number of hydrogen-bond donors (Lipinski definition) is 2. The van der Waals surface area contributed by atoms with Gasteiger partial charge in [0, 0.05) is 30.0 Å². The Morgan fingerprint density at radius 2 is 1.45 bits per heavy atom. The zero-order valence-corrected chi connectivity index (χ0v) is 18.9. The summed E-state index contributed by atoms with van der Waals surface area (Å²) in [6, 6.07) is 18.8. The highest BCUT2D eigenvalue weighted by Crippen LogP contribution is 2.23. The van der Waals surface area contributed by atoms with Crippen LogP contribution in [0.4, 0.5) is 21.5 Å². The number of anilines is 3. The number of rotatable bonds is 6. The summed E-state index contributed by atoms with van der Waals surface area (Å²) < 4.78 is 41.1. The summed E-state index contributed by atoms with van der Waals surface area (Å²) in [7, 11) is -3.98. The first-order chi connectivity index (χ1) is 15.9. The lowest BCUT2D eigenvalue weighted by Crippen LogP contribution is -2.23. The predicted molar refractivity (Wildman–Crippen MR) is 129 cm³/mol. The van der Waals surface area contributed by atoms with Crippen LogP contribution in [0.3, 0.4) is 0 Å². The van der Waals surface area contributed by atoms with Crippen LogP contribution in [-0.2, 0) is 10.0 Å². The van der Waals surface area contributed by atoms with Crippen molar-refractivity contribution >= 4 is 33.0 Å². The summed E-state index contributed by atoms with van der Waals surface area (Å²) >= 11 is 0. The first-order valence-electron chi connectivity index (χ1n) is 11.0. The molecule has 1 heterocycles. The number of amides is 1. The van der Waals surface area contributed by atoms with E-state index in [0.717, 1.165) is 18.8 Å². The predicted octanol–water partition coefficient (Wildman–Crippen LogP) is 5.26. The molecule has 0 radical (unpaired) electrons. The number of para-hydroxylation sites is 1. The summed E-state index contributed by atoms with van der Waals surface area (Å²) in [5.41, 5.74) is 1.99. The first kappa shape index (κ1) is 22.8. The second kappa shape index (κ2) is 10.0. The van der Waals surface area contributed by atoms with Gasteiger partial charge in [-0.2, -0.15) is 0 Å². The van der Waals surface area contributed by atoms with E-state index in [4.69, 9.17) is 0 Å². The quantitative estimate of drug-likeness (QED) is 0.518. The van der Waals surface area contributed by atoms with Gasteiger partial charge in [-0.15, -0.1) is 0 Å². The minimum atomic E-state index is -3.98. The Kier molecular flexibility index (Phi) is 6.93. The van der Waals surface area contributed by atoms with Crippen LogP contribution in [0.5, 0.6) is 0 Å². The fourth-order valence-corrected chi connectivity index (χ4v) is 4.89. The number of halogens is 1. The van der Waals surface area contributed by atoms with E-state index in [0.29, 0.717) is 11.3 Å². The molecule has 172 valence electrons. The molecule has 4 rings (SSSR count). The number of hydrogen-bond acceptors (Lipinski definition) is 4. The maximum atomic E-state index is 13.8. The van der Waals surface area contributed by atoms with Gasteiger partial charge in [-0.3, -0.25) is 9.52 Å². The van der Waals surface area contributed by atoms with Gasteiger partial charge in [0.25, 0.3) is 15.9 Å². The highest BCUT2D eigenvalue weighted by molar-refractivity contribution is 7.92. The van der Waals surface area contributed by atoms with E-state index in [1.54, 1.807) is 0 Å². The maximum absolute atomic E-state index is 13.8. The van der Waals surface area contributed by atoms with Gasteiger partial charge in [0.15, 0.2) is 0 Å². The molecule has 1 aliphatic heterocycles. The molecule has 1 aliphatic rings. The van der Waals surface area contributed by atoms with Crippen LogP contribution in [0.2, 0.25) is 0 Å². The Morgan fingerprint density at radius 3 is 2.09 bits per heavy atom. The Hall–Kier alpha value is -3.39. The fourth-order valence-electron chi connectivity index (χ4n) is 3.82. The summed E-state index contributed by atoms with van der Waals surface area (Å²) in [5, 5.41) is 2.83. The van der Waals surface area contributed by atoms with Crippen LogP contribution in [-0.4, -0.2) is 27.4 Å². The zero-order valence-electron chi connectivity index (χ0n) is 18.1. The molecule has 3 aromatic rings. The monoisotopic (exact) mass is 467 g/mol. The Bertz CT molecular complexity index is 1200. The van der Waals surface area contributed by atoms with Crippen molar-refractivity contribution in [1.29, 1.82) is 0 Å². The normalized spacial score (nSPS) is 14.4. The first-order valence-corrected chi connectivity index (χ1v) is 12.4. The van der Waals surface area contributed by atoms with Gasteiger partial charge in [0.2, 0.25) is 0 Å². The molecular weight excluding hydrogens is 441 g/mol. The third-order valence-electron chi connectivity index (χ3n) is 5.64. The lowest BCUT2D eigenvalue weighted by Gasteiger charge is -2.22. The summed E-state index contributed by atoms with van der Waals surface area (Å²) in [5.74, 6) is -1.01.